The molecule has 2 unspecified atom stereocenters. The van der Waals surface area contributed by atoms with Crippen molar-refractivity contribution in [2.24, 2.45) is 5.92 Å². The van der Waals surface area contributed by atoms with Gasteiger partial charge in [-0.25, -0.2) is 0 Å². The number of piperidine rings is 1. The average molecular weight is 196 g/mol. The van der Waals surface area contributed by atoms with Crippen LogP contribution in [0.1, 0.15) is 39.0 Å². The molecule has 0 radical (unpaired) electrons. The molecular weight excluding hydrogens is 176 g/mol. The van der Waals surface area contributed by atoms with Gasteiger partial charge in [0.1, 0.15) is 0 Å². The molecule has 2 atom stereocenters. The number of amides is 1. The van der Waals surface area contributed by atoms with Crippen LogP contribution in [0.3, 0.4) is 0 Å². The highest BCUT2D eigenvalue weighted by molar-refractivity contribution is 5.82. The van der Waals surface area contributed by atoms with E-state index in [-0.39, 0.29) is 11.9 Å². The minimum Gasteiger partial charge on any atom is -0.352 e. The minimum absolute atomic E-state index is 0.0781. The fourth-order valence-corrected chi connectivity index (χ4v) is 2.10. The summed E-state index contributed by atoms with van der Waals surface area (Å²) in [7, 11) is 0. The molecule has 2 rings (SSSR count). The van der Waals surface area contributed by atoms with Crippen LogP contribution in [-0.4, -0.2) is 24.5 Å². The van der Waals surface area contributed by atoms with Crippen LogP contribution in [-0.2, 0) is 4.79 Å². The molecule has 0 aromatic carbocycles. The Morgan fingerprint density at radius 1 is 1.43 bits per heavy atom. The van der Waals surface area contributed by atoms with Crippen LogP contribution in [0.4, 0.5) is 0 Å². The van der Waals surface area contributed by atoms with Gasteiger partial charge in [0.05, 0.1) is 6.04 Å². The van der Waals surface area contributed by atoms with Gasteiger partial charge in [-0.2, -0.15) is 0 Å². The van der Waals surface area contributed by atoms with E-state index in [9.17, 15) is 4.79 Å². The van der Waals surface area contributed by atoms with Crippen molar-refractivity contribution in [3.05, 3.63) is 0 Å². The Hall–Kier alpha value is -0.570. The minimum atomic E-state index is 0.0781. The lowest BCUT2D eigenvalue weighted by atomic mass is 9.90. The normalized spacial score (nSPS) is 32.6. The van der Waals surface area contributed by atoms with Gasteiger partial charge in [-0.15, -0.1) is 0 Å². The van der Waals surface area contributed by atoms with Crippen LogP contribution in [0.15, 0.2) is 0 Å². The van der Waals surface area contributed by atoms with Gasteiger partial charge in [-0.05, 0) is 38.1 Å². The third-order valence-corrected chi connectivity index (χ3v) is 3.33. The van der Waals surface area contributed by atoms with Crippen molar-refractivity contribution >= 4 is 5.91 Å². The zero-order chi connectivity index (χ0) is 9.97. The van der Waals surface area contributed by atoms with Crippen LogP contribution < -0.4 is 10.6 Å². The van der Waals surface area contributed by atoms with Gasteiger partial charge in [0.15, 0.2) is 0 Å². The molecule has 3 nitrogen and oxygen atoms in total. The summed E-state index contributed by atoms with van der Waals surface area (Å²) in [5.41, 5.74) is 0. The van der Waals surface area contributed by atoms with Gasteiger partial charge in [0.25, 0.3) is 0 Å². The predicted octanol–water partition coefficient (Wildman–Crippen LogP) is 1.04. The summed E-state index contributed by atoms with van der Waals surface area (Å²) in [6, 6.07) is 0.570. The second kappa shape index (κ2) is 4.30. The smallest absolute Gasteiger partial charge is 0.237 e. The summed E-state index contributed by atoms with van der Waals surface area (Å²) in [5, 5.41) is 6.37. The Morgan fingerprint density at radius 3 is 2.86 bits per heavy atom. The first kappa shape index (κ1) is 9.97. The molecule has 0 aromatic heterocycles. The van der Waals surface area contributed by atoms with Crippen LogP contribution in [0, 0.1) is 5.92 Å². The molecule has 2 fully saturated rings. The van der Waals surface area contributed by atoms with E-state index in [0.29, 0.717) is 6.04 Å². The lowest BCUT2D eigenvalue weighted by Crippen LogP contribution is -2.49. The molecular formula is C11H20N2O. The van der Waals surface area contributed by atoms with Gasteiger partial charge in [-0.1, -0.05) is 13.3 Å². The summed E-state index contributed by atoms with van der Waals surface area (Å²) < 4.78 is 0. The zero-order valence-electron chi connectivity index (χ0n) is 8.88. The van der Waals surface area contributed by atoms with Crippen molar-refractivity contribution in [3.8, 4) is 0 Å². The van der Waals surface area contributed by atoms with Gasteiger partial charge in [0.2, 0.25) is 5.91 Å². The molecule has 1 amide bonds. The van der Waals surface area contributed by atoms with E-state index < -0.39 is 0 Å². The van der Waals surface area contributed by atoms with E-state index in [0.717, 1.165) is 18.9 Å². The fourth-order valence-electron chi connectivity index (χ4n) is 2.10. The van der Waals surface area contributed by atoms with Gasteiger partial charge in [-0.3, -0.25) is 4.79 Å². The van der Waals surface area contributed by atoms with E-state index >= 15 is 0 Å². The summed E-state index contributed by atoms with van der Waals surface area (Å²) in [6.45, 7) is 3.22. The Labute approximate surface area is 85.6 Å². The number of rotatable bonds is 3. The molecule has 3 heteroatoms. The molecule has 0 bridgehead atoms. The first-order valence-electron chi connectivity index (χ1n) is 5.83. The monoisotopic (exact) mass is 196 g/mol. The topological polar surface area (TPSA) is 41.1 Å². The van der Waals surface area contributed by atoms with E-state index in [2.05, 4.69) is 17.6 Å². The van der Waals surface area contributed by atoms with Crippen molar-refractivity contribution in [2.75, 3.05) is 6.54 Å². The first-order valence-corrected chi connectivity index (χ1v) is 5.83. The van der Waals surface area contributed by atoms with Crippen molar-refractivity contribution in [2.45, 2.75) is 51.1 Å². The van der Waals surface area contributed by atoms with Gasteiger partial charge in [0, 0.05) is 6.04 Å². The highest BCUT2D eigenvalue weighted by Gasteiger charge is 2.30. The molecule has 1 aliphatic heterocycles. The maximum atomic E-state index is 11.7. The highest BCUT2D eigenvalue weighted by Crippen LogP contribution is 2.22. The summed E-state index contributed by atoms with van der Waals surface area (Å²) >= 11 is 0. The molecule has 1 saturated heterocycles. The lowest BCUT2D eigenvalue weighted by Gasteiger charge is -2.28. The van der Waals surface area contributed by atoms with Crippen molar-refractivity contribution < 1.29 is 4.79 Å². The second-order valence-electron chi connectivity index (χ2n) is 4.59. The molecule has 14 heavy (non-hydrogen) atoms. The van der Waals surface area contributed by atoms with Crippen molar-refractivity contribution in [1.29, 1.82) is 0 Å². The Morgan fingerprint density at radius 2 is 2.21 bits per heavy atom. The number of hydrogen-bond donors (Lipinski definition) is 2. The number of hydrogen-bond acceptors (Lipinski definition) is 2. The highest BCUT2D eigenvalue weighted by atomic mass is 16.2. The summed E-state index contributed by atoms with van der Waals surface area (Å²) in [6.07, 6.45) is 5.80. The molecule has 80 valence electrons. The molecule has 0 spiro atoms. The maximum Gasteiger partial charge on any atom is 0.237 e. The summed E-state index contributed by atoms with van der Waals surface area (Å²) in [4.78, 5) is 11.7. The van der Waals surface area contributed by atoms with Gasteiger partial charge < -0.3 is 10.6 Å². The van der Waals surface area contributed by atoms with Crippen LogP contribution in [0.25, 0.3) is 0 Å². The number of carbonyl (C=O) groups excluding carboxylic acids is 1. The maximum absolute atomic E-state index is 11.7. The predicted molar refractivity (Wildman–Crippen MR) is 56.0 cm³/mol. The van der Waals surface area contributed by atoms with Crippen LogP contribution in [0.5, 0.6) is 0 Å². The quantitative estimate of drug-likeness (QED) is 0.708. The Kier molecular flexibility index (Phi) is 3.06. The molecule has 1 aliphatic carbocycles. The zero-order valence-corrected chi connectivity index (χ0v) is 8.88. The average Bonchev–Trinajstić information content (AvgIpc) is 3.02. The third kappa shape index (κ3) is 2.47. The first-order chi connectivity index (χ1) is 6.79. The van der Waals surface area contributed by atoms with Crippen molar-refractivity contribution in [3.63, 3.8) is 0 Å². The third-order valence-electron chi connectivity index (χ3n) is 3.33. The Balaban J connectivity index is 1.79. The van der Waals surface area contributed by atoms with Crippen LogP contribution in [0.2, 0.25) is 0 Å². The summed E-state index contributed by atoms with van der Waals surface area (Å²) in [5.74, 6) is 0.969. The number of carbonyl (C=O) groups is 1. The molecule has 2 aliphatic rings. The van der Waals surface area contributed by atoms with E-state index in [1.807, 2.05) is 0 Å². The largest absolute Gasteiger partial charge is 0.352 e. The second-order valence-corrected chi connectivity index (χ2v) is 4.59. The van der Waals surface area contributed by atoms with E-state index in [1.165, 1.54) is 25.7 Å². The van der Waals surface area contributed by atoms with E-state index in [1.54, 1.807) is 0 Å². The fraction of sp³-hybridized carbons (Fsp3) is 0.909. The number of nitrogens with one attached hydrogen (secondary N) is 2. The van der Waals surface area contributed by atoms with Crippen LogP contribution >= 0.6 is 0 Å². The lowest BCUT2D eigenvalue weighted by molar-refractivity contribution is -0.124. The van der Waals surface area contributed by atoms with Gasteiger partial charge >= 0.3 is 0 Å². The SMILES string of the molecule is CCC1CCNC(C(=O)NC2CC2)C1. The Bertz CT molecular complexity index is 213. The van der Waals surface area contributed by atoms with Crippen molar-refractivity contribution in [1.82, 2.24) is 10.6 Å². The molecule has 0 aromatic rings. The standard InChI is InChI=1S/C11H20N2O/c1-2-8-5-6-12-10(7-8)11(14)13-9-3-4-9/h8-10,12H,2-7H2,1H3,(H,13,14). The molecule has 1 heterocycles. The van der Waals surface area contributed by atoms with E-state index in [4.69, 9.17) is 0 Å². The molecule has 1 saturated carbocycles. The molecule has 2 N–H and O–H groups in total.